The van der Waals surface area contributed by atoms with Gasteiger partial charge in [-0.2, -0.15) is 0 Å². The molecule has 1 aliphatic carbocycles. The standard InChI is InChI=1S/C21H24N4O4S2/c26-19(25(14-5-1-2-6-14)15-9-10-31(27,28)13-15)12-30-21-24-23-20(29-21)17-11-22-18-8-4-3-7-16(17)18/h3-4,7-8,11,14-15,22H,1-2,5-6,9-10,12-13H2/t15-/m1/s1. The van der Waals surface area contributed by atoms with Crippen molar-refractivity contribution in [3.8, 4) is 11.5 Å². The molecule has 0 spiro atoms. The fourth-order valence-electron chi connectivity index (χ4n) is 4.71. The molecule has 1 atom stereocenters. The number of para-hydroxylation sites is 1. The zero-order chi connectivity index (χ0) is 21.4. The van der Waals surface area contributed by atoms with Gasteiger partial charge < -0.3 is 14.3 Å². The summed E-state index contributed by atoms with van der Waals surface area (Å²) >= 11 is 1.21. The van der Waals surface area contributed by atoms with Gasteiger partial charge in [-0.25, -0.2) is 8.42 Å². The fourth-order valence-corrected chi connectivity index (χ4v) is 7.05. The lowest BCUT2D eigenvalue weighted by Crippen LogP contribution is -2.47. The van der Waals surface area contributed by atoms with Crippen molar-refractivity contribution in [3.05, 3.63) is 30.5 Å². The Morgan fingerprint density at radius 1 is 1.16 bits per heavy atom. The number of sulfone groups is 1. The normalized spacial score (nSPS) is 21.1. The second-order valence-electron chi connectivity index (χ2n) is 8.21. The third kappa shape index (κ3) is 4.23. The zero-order valence-corrected chi connectivity index (χ0v) is 18.6. The van der Waals surface area contributed by atoms with Crippen molar-refractivity contribution in [1.29, 1.82) is 0 Å². The summed E-state index contributed by atoms with van der Waals surface area (Å²) in [5, 5.41) is 9.56. The molecule has 2 aliphatic rings. The van der Waals surface area contributed by atoms with Crippen LogP contribution in [0, 0.1) is 0 Å². The summed E-state index contributed by atoms with van der Waals surface area (Å²) in [5.74, 6) is 0.750. The van der Waals surface area contributed by atoms with Crippen LogP contribution in [-0.2, 0) is 14.6 Å². The smallest absolute Gasteiger partial charge is 0.277 e. The Bertz CT molecular complexity index is 1200. The number of carbonyl (C=O) groups excluding carboxylic acids is 1. The molecule has 0 radical (unpaired) electrons. The number of carbonyl (C=O) groups is 1. The summed E-state index contributed by atoms with van der Waals surface area (Å²) in [7, 11) is -3.05. The van der Waals surface area contributed by atoms with E-state index in [1.807, 2.05) is 35.4 Å². The lowest BCUT2D eigenvalue weighted by atomic mass is 10.1. The lowest BCUT2D eigenvalue weighted by molar-refractivity contribution is -0.132. The van der Waals surface area contributed by atoms with Crippen molar-refractivity contribution >= 4 is 38.4 Å². The molecule has 2 fully saturated rings. The maximum atomic E-state index is 13.1. The molecule has 31 heavy (non-hydrogen) atoms. The van der Waals surface area contributed by atoms with Gasteiger partial charge in [-0.1, -0.05) is 42.8 Å². The molecule has 3 aromatic rings. The van der Waals surface area contributed by atoms with Gasteiger partial charge in [-0.15, -0.1) is 10.2 Å². The first-order valence-electron chi connectivity index (χ1n) is 10.5. The van der Waals surface area contributed by atoms with Crippen molar-refractivity contribution in [1.82, 2.24) is 20.1 Å². The molecular formula is C21H24N4O4S2. The van der Waals surface area contributed by atoms with Gasteiger partial charge in [-0.05, 0) is 25.3 Å². The number of nitrogens with one attached hydrogen (secondary N) is 1. The van der Waals surface area contributed by atoms with Gasteiger partial charge in [0, 0.05) is 29.2 Å². The Morgan fingerprint density at radius 3 is 2.74 bits per heavy atom. The summed E-state index contributed by atoms with van der Waals surface area (Å²) in [6, 6.07) is 7.78. The van der Waals surface area contributed by atoms with E-state index in [2.05, 4.69) is 15.2 Å². The molecule has 0 bridgehead atoms. The van der Waals surface area contributed by atoms with Crippen LogP contribution in [0.25, 0.3) is 22.4 Å². The largest absolute Gasteiger partial charge is 0.411 e. The van der Waals surface area contributed by atoms with Crippen molar-refractivity contribution < 1.29 is 17.6 Å². The van der Waals surface area contributed by atoms with Crippen LogP contribution in [0.1, 0.15) is 32.1 Å². The van der Waals surface area contributed by atoms with E-state index in [9.17, 15) is 13.2 Å². The molecule has 1 aromatic carbocycles. The summed E-state index contributed by atoms with van der Waals surface area (Å²) in [5.41, 5.74) is 1.81. The van der Waals surface area contributed by atoms with Crippen LogP contribution in [0.5, 0.6) is 0 Å². The summed E-state index contributed by atoms with van der Waals surface area (Å²) < 4.78 is 29.8. The molecule has 1 aliphatic heterocycles. The van der Waals surface area contributed by atoms with Crippen molar-refractivity contribution in [2.75, 3.05) is 17.3 Å². The van der Waals surface area contributed by atoms with Gasteiger partial charge in [0.05, 0.1) is 22.8 Å². The molecule has 1 saturated carbocycles. The Kier molecular flexibility index (Phi) is 5.51. The fraction of sp³-hybridized carbons (Fsp3) is 0.476. The number of hydrogen-bond donors (Lipinski definition) is 1. The summed E-state index contributed by atoms with van der Waals surface area (Å²) in [6.45, 7) is 0. The Morgan fingerprint density at radius 2 is 1.97 bits per heavy atom. The van der Waals surface area contributed by atoms with E-state index < -0.39 is 9.84 Å². The molecule has 1 N–H and O–H groups in total. The minimum absolute atomic E-state index is 0.0501. The summed E-state index contributed by atoms with van der Waals surface area (Å²) in [4.78, 5) is 18.2. The van der Waals surface area contributed by atoms with Crippen LogP contribution in [0.3, 0.4) is 0 Å². The molecule has 10 heteroatoms. The highest BCUT2D eigenvalue weighted by atomic mass is 32.2. The van der Waals surface area contributed by atoms with E-state index in [1.54, 1.807) is 0 Å². The molecular weight excluding hydrogens is 436 g/mol. The van der Waals surface area contributed by atoms with Gasteiger partial charge >= 0.3 is 0 Å². The number of nitrogens with zero attached hydrogens (tertiary/aromatic N) is 3. The number of amides is 1. The Balaban J connectivity index is 1.29. The average Bonchev–Trinajstić information content (AvgIpc) is 3.54. The highest BCUT2D eigenvalue weighted by Gasteiger charge is 2.39. The third-order valence-corrected chi connectivity index (χ3v) is 8.71. The quantitative estimate of drug-likeness (QED) is 0.562. The highest BCUT2D eigenvalue weighted by molar-refractivity contribution is 7.99. The molecule has 0 unspecified atom stereocenters. The summed E-state index contributed by atoms with van der Waals surface area (Å²) in [6.07, 6.45) is 6.41. The van der Waals surface area contributed by atoms with Crippen LogP contribution < -0.4 is 0 Å². The Labute approximate surface area is 184 Å². The van der Waals surface area contributed by atoms with Gasteiger partial charge in [0.25, 0.3) is 11.1 Å². The van der Waals surface area contributed by atoms with Crippen LogP contribution in [-0.4, -0.2) is 63.7 Å². The average molecular weight is 461 g/mol. The van der Waals surface area contributed by atoms with E-state index in [4.69, 9.17) is 4.42 Å². The van der Waals surface area contributed by atoms with E-state index >= 15 is 0 Å². The number of benzene rings is 1. The number of H-pyrrole nitrogens is 1. The Hall–Kier alpha value is -2.33. The lowest BCUT2D eigenvalue weighted by Gasteiger charge is -2.34. The molecule has 5 rings (SSSR count). The molecule has 164 valence electrons. The minimum atomic E-state index is -3.05. The molecule has 8 nitrogen and oxygen atoms in total. The topological polar surface area (TPSA) is 109 Å². The van der Waals surface area contributed by atoms with Crippen molar-refractivity contribution in [2.24, 2.45) is 0 Å². The van der Waals surface area contributed by atoms with Crippen LogP contribution in [0.15, 0.2) is 40.1 Å². The minimum Gasteiger partial charge on any atom is -0.411 e. The van der Waals surface area contributed by atoms with Gasteiger partial charge in [0.15, 0.2) is 9.84 Å². The number of fused-ring (bicyclic) bond motifs is 1. The molecule has 1 saturated heterocycles. The van der Waals surface area contributed by atoms with Gasteiger partial charge in [0.1, 0.15) is 0 Å². The number of aromatic nitrogens is 3. The second-order valence-corrected chi connectivity index (χ2v) is 11.4. The van der Waals surface area contributed by atoms with Crippen LogP contribution >= 0.6 is 11.8 Å². The highest BCUT2D eigenvalue weighted by Crippen LogP contribution is 2.32. The molecule has 3 heterocycles. The number of thioether (sulfide) groups is 1. The van der Waals surface area contributed by atoms with E-state index in [0.29, 0.717) is 17.5 Å². The second kappa shape index (κ2) is 8.31. The monoisotopic (exact) mass is 460 g/mol. The van der Waals surface area contributed by atoms with E-state index in [-0.39, 0.29) is 35.2 Å². The molecule has 1 amide bonds. The number of aromatic amines is 1. The van der Waals surface area contributed by atoms with Crippen molar-refractivity contribution in [2.45, 2.75) is 49.4 Å². The first-order chi connectivity index (χ1) is 15.0. The first kappa shape index (κ1) is 20.6. The molecule has 2 aromatic heterocycles. The predicted octanol–water partition coefficient (Wildman–Crippen LogP) is 3.27. The number of rotatable bonds is 6. The third-order valence-electron chi connectivity index (χ3n) is 6.15. The van der Waals surface area contributed by atoms with Crippen LogP contribution in [0.2, 0.25) is 0 Å². The first-order valence-corrected chi connectivity index (χ1v) is 13.4. The maximum Gasteiger partial charge on any atom is 0.277 e. The van der Waals surface area contributed by atoms with Gasteiger partial charge in [-0.3, -0.25) is 4.79 Å². The van der Waals surface area contributed by atoms with E-state index in [1.165, 1.54) is 11.8 Å². The van der Waals surface area contributed by atoms with E-state index in [0.717, 1.165) is 42.1 Å². The zero-order valence-electron chi connectivity index (χ0n) is 17.0. The maximum absolute atomic E-state index is 13.1. The predicted molar refractivity (Wildman–Crippen MR) is 118 cm³/mol. The van der Waals surface area contributed by atoms with Crippen LogP contribution in [0.4, 0.5) is 0 Å². The SMILES string of the molecule is O=C(CSc1nnc(-c2c[nH]c3ccccc23)o1)N(C1CCCC1)[C@@H]1CCS(=O)(=O)C1. The number of hydrogen-bond acceptors (Lipinski definition) is 7. The van der Waals surface area contributed by atoms with Gasteiger partial charge in [0.2, 0.25) is 5.91 Å². The van der Waals surface area contributed by atoms with Crippen molar-refractivity contribution in [3.63, 3.8) is 0 Å².